The molecule has 0 radical (unpaired) electrons. The summed E-state index contributed by atoms with van der Waals surface area (Å²) in [5.41, 5.74) is 4.17. The summed E-state index contributed by atoms with van der Waals surface area (Å²) in [4.78, 5) is 13.0. The Morgan fingerprint density at radius 3 is 2.48 bits per heavy atom. The second kappa shape index (κ2) is 7.37. The van der Waals surface area contributed by atoms with Crippen molar-refractivity contribution < 1.29 is 4.79 Å². The molecule has 0 fully saturated rings. The lowest BCUT2D eigenvalue weighted by molar-refractivity contribution is -0.113. The van der Waals surface area contributed by atoms with E-state index in [-0.39, 0.29) is 11.9 Å². The summed E-state index contributed by atoms with van der Waals surface area (Å²) in [6, 6.07) is 15.3. The van der Waals surface area contributed by atoms with Crippen LogP contribution in [0.5, 0.6) is 0 Å². The number of rotatable bonds is 3. The molecule has 0 aliphatic carbocycles. The summed E-state index contributed by atoms with van der Waals surface area (Å²) < 4.78 is 0.986. The molecular weight excluding hydrogens is 398 g/mol. The third kappa shape index (κ3) is 3.91. The Labute approximate surface area is 160 Å². The summed E-state index contributed by atoms with van der Waals surface area (Å²) >= 11 is 8.72. The molecule has 25 heavy (non-hydrogen) atoms. The molecule has 0 aromatic heterocycles. The highest BCUT2D eigenvalue weighted by atomic mass is 79.9. The molecule has 1 heterocycles. The number of hydrogen-bond acceptors (Lipinski definition) is 2. The average molecular weight is 416 g/mol. The third-order valence-electron chi connectivity index (χ3n) is 4.11. The van der Waals surface area contributed by atoms with Crippen LogP contribution >= 0.6 is 28.1 Å². The number of amides is 1. The maximum absolute atomic E-state index is 13.0. The van der Waals surface area contributed by atoms with E-state index in [1.165, 1.54) is 0 Å². The standard InChI is InChI=1S/C19H18BrN3OS/c1-11-5-3-4-6-15(11)22-18(24)16-12(2)21-19(25)23-17(16)13-7-9-14(20)10-8-13/h3-10,17H,1-2H3,(H,22,24)(H2,21,23,25). The second-order valence-electron chi connectivity index (χ2n) is 5.89. The minimum atomic E-state index is -0.300. The van der Waals surface area contributed by atoms with Crippen molar-refractivity contribution in [1.82, 2.24) is 10.6 Å². The van der Waals surface area contributed by atoms with Crippen molar-refractivity contribution in [1.29, 1.82) is 0 Å². The van der Waals surface area contributed by atoms with E-state index in [4.69, 9.17) is 12.2 Å². The maximum Gasteiger partial charge on any atom is 0.255 e. The topological polar surface area (TPSA) is 53.2 Å². The Balaban J connectivity index is 1.96. The lowest BCUT2D eigenvalue weighted by atomic mass is 9.95. The monoisotopic (exact) mass is 415 g/mol. The first-order valence-corrected chi connectivity index (χ1v) is 9.06. The van der Waals surface area contributed by atoms with Crippen LogP contribution in [0.15, 0.2) is 64.3 Å². The van der Waals surface area contributed by atoms with Crippen LogP contribution in [-0.2, 0) is 4.79 Å². The van der Waals surface area contributed by atoms with Crippen molar-refractivity contribution in [3.63, 3.8) is 0 Å². The van der Waals surface area contributed by atoms with Crippen molar-refractivity contribution >= 4 is 44.9 Å². The molecule has 4 nitrogen and oxygen atoms in total. The van der Waals surface area contributed by atoms with Crippen molar-refractivity contribution in [3.05, 3.63) is 75.4 Å². The lowest BCUT2D eigenvalue weighted by Crippen LogP contribution is -2.45. The molecule has 3 N–H and O–H groups in total. The summed E-state index contributed by atoms with van der Waals surface area (Å²) in [7, 11) is 0. The van der Waals surface area contributed by atoms with Gasteiger partial charge < -0.3 is 16.0 Å². The number of carbonyl (C=O) groups excluding carboxylic acids is 1. The van der Waals surface area contributed by atoms with E-state index in [9.17, 15) is 4.79 Å². The summed E-state index contributed by atoms with van der Waals surface area (Å²) in [6.45, 7) is 3.83. The molecule has 3 rings (SSSR count). The van der Waals surface area contributed by atoms with Gasteiger partial charge in [0, 0.05) is 15.9 Å². The van der Waals surface area contributed by atoms with E-state index in [0.29, 0.717) is 10.7 Å². The zero-order valence-electron chi connectivity index (χ0n) is 13.9. The van der Waals surface area contributed by atoms with Crippen LogP contribution < -0.4 is 16.0 Å². The highest BCUT2D eigenvalue weighted by molar-refractivity contribution is 9.10. The Hall–Kier alpha value is -2.18. The van der Waals surface area contributed by atoms with Gasteiger partial charge in [0.15, 0.2) is 5.11 Å². The van der Waals surface area contributed by atoms with E-state index >= 15 is 0 Å². The summed E-state index contributed by atoms with van der Waals surface area (Å²) in [6.07, 6.45) is 0. The number of hydrogen-bond donors (Lipinski definition) is 3. The number of thiocarbonyl (C=S) groups is 1. The molecular formula is C19H18BrN3OS. The van der Waals surface area contributed by atoms with E-state index in [0.717, 1.165) is 27.0 Å². The van der Waals surface area contributed by atoms with Gasteiger partial charge in [0.05, 0.1) is 11.6 Å². The predicted molar refractivity (Wildman–Crippen MR) is 108 cm³/mol. The van der Waals surface area contributed by atoms with Gasteiger partial charge in [-0.3, -0.25) is 4.79 Å². The number of para-hydroxylation sites is 1. The number of allylic oxidation sites excluding steroid dienone is 1. The molecule has 1 amide bonds. The molecule has 0 spiro atoms. The Morgan fingerprint density at radius 1 is 1.12 bits per heavy atom. The maximum atomic E-state index is 13.0. The number of benzene rings is 2. The second-order valence-corrected chi connectivity index (χ2v) is 7.21. The van der Waals surface area contributed by atoms with E-state index < -0.39 is 0 Å². The predicted octanol–water partition coefficient (Wildman–Crippen LogP) is 4.19. The van der Waals surface area contributed by atoms with Crippen LogP contribution in [0.2, 0.25) is 0 Å². The van der Waals surface area contributed by atoms with Crippen molar-refractivity contribution in [2.45, 2.75) is 19.9 Å². The minimum Gasteiger partial charge on any atom is -0.351 e. The van der Waals surface area contributed by atoms with E-state index in [2.05, 4.69) is 31.9 Å². The van der Waals surface area contributed by atoms with Gasteiger partial charge in [-0.15, -0.1) is 0 Å². The molecule has 1 unspecified atom stereocenters. The molecule has 1 aliphatic rings. The normalized spacial score (nSPS) is 16.9. The zero-order valence-corrected chi connectivity index (χ0v) is 16.3. The first-order valence-electron chi connectivity index (χ1n) is 7.86. The Kier molecular flexibility index (Phi) is 5.20. The quantitative estimate of drug-likeness (QED) is 0.657. The van der Waals surface area contributed by atoms with Gasteiger partial charge in [-0.25, -0.2) is 0 Å². The number of anilines is 1. The number of carbonyl (C=O) groups is 1. The van der Waals surface area contributed by atoms with Gasteiger partial charge in [0.2, 0.25) is 0 Å². The van der Waals surface area contributed by atoms with E-state index in [1.54, 1.807) is 0 Å². The molecule has 128 valence electrons. The largest absolute Gasteiger partial charge is 0.351 e. The van der Waals surface area contributed by atoms with Crippen molar-refractivity contribution in [2.24, 2.45) is 0 Å². The van der Waals surface area contributed by atoms with Gasteiger partial charge in [-0.2, -0.15) is 0 Å². The smallest absolute Gasteiger partial charge is 0.255 e. The minimum absolute atomic E-state index is 0.151. The zero-order chi connectivity index (χ0) is 18.0. The first kappa shape index (κ1) is 17.6. The Morgan fingerprint density at radius 2 is 1.80 bits per heavy atom. The van der Waals surface area contributed by atoms with Crippen LogP contribution in [0.1, 0.15) is 24.1 Å². The SMILES string of the molecule is CC1=C(C(=O)Nc2ccccc2C)C(c2ccc(Br)cc2)NC(=S)N1. The molecule has 2 aromatic carbocycles. The molecule has 1 atom stereocenters. The summed E-state index contributed by atoms with van der Waals surface area (Å²) in [5, 5.41) is 9.77. The van der Waals surface area contributed by atoms with Crippen LogP contribution in [-0.4, -0.2) is 11.0 Å². The molecule has 0 saturated heterocycles. The van der Waals surface area contributed by atoms with Crippen molar-refractivity contribution in [2.75, 3.05) is 5.32 Å². The number of nitrogens with one attached hydrogen (secondary N) is 3. The van der Waals surface area contributed by atoms with Gasteiger partial charge in [0.1, 0.15) is 0 Å². The molecule has 1 aliphatic heterocycles. The van der Waals surface area contributed by atoms with E-state index in [1.807, 2.05) is 62.4 Å². The average Bonchev–Trinajstić information content (AvgIpc) is 2.57. The molecule has 6 heteroatoms. The molecule has 2 aromatic rings. The number of halogens is 1. The Bertz CT molecular complexity index is 861. The van der Waals surface area contributed by atoms with Gasteiger partial charge >= 0.3 is 0 Å². The van der Waals surface area contributed by atoms with Gasteiger partial charge in [-0.1, -0.05) is 46.3 Å². The summed E-state index contributed by atoms with van der Waals surface area (Å²) in [5.74, 6) is -0.151. The van der Waals surface area contributed by atoms with Gasteiger partial charge in [0.25, 0.3) is 5.91 Å². The lowest BCUT2D eigenvalue weighted by Gasteiger charge is -2.30. The van der Waals surface area contributed by atoms with Crippen LogP contribution in [0.25, 0.3) is 0 Å². The fourth-order valence-electron chi connectivity index (χ4n) is 2.80. The highest BCUT2D eigenvalue weighted by Crippen LogP contribution is 2.29. The highest BCUT2D eigenvalue weighted by Gasteiger charge is 2.30. The first-order chi connectivity index (χ1) is 12.0. The fourth-order valence-corrected chi connectivity index (χ4v) is 3.34. The van der Waals surface area contributed by atoms with Crippen LogP contribution in [0, 0.1) is 6.92 Å². The third-order valence-corrected chi connectivity index (χ3v) is 4.86. The fraction of sp³-hybridized carbons (Fsp3) is 0.158. The molecule has 0 saturated carbocycles. The van der Waals surface area contributed by atoms with Crippen LogP contribution in [0.4, 0.5) is 5.69 Å². The number of aryl methyl sites for hydroxylation is 1. The van der Waals surface area contributed by atoms with Crippen LogP contribution in [0.3, 0.4) is 0 Å². The molecule has 0 bridgehead atoms. The van der Waals surface area contributed by atoms with Gasteiger partial charge in [-0.05, 0) is 55.4 Å². The van der Waals surface area contributed by atoms with Crippen molar-refractivity contribution in [3.8, 4) is 0 Å².